The number of nitrogens with zero attached hydrogens (tertiary/aromatic N) is 4. The van der Waals surface area contributed by atoms with Crippen molar-refractivity contribution < 1.29 is 0 Å². The van der Waals surface area contributed by atoms with Gasteiger partial charge in [-0.3, -0.25) is 19.8 Å². The molecule has 0 aliphatic rings. The minimum atomic E-state index is 0.794. The van der Waals surface area contributed by atoms with Crippen molar-refractivity contribution in [1.82, 2.24) is 19.8 Å². The van der Waals surface area contributed by atoms with Crippen molar-refractivity contribution in [2.75, 3.05) is 14.1 Å². The Morgan fingerprint density at radius 1 is 0.577 bits per heavy atom. The van der Waals surface area contributed by atoms with Gasteiger partial charge in [0, 0.05) is 26.2 Å². The zero-order chi connectivity index (χ0) is 18.2. The van der Waals surface area contributed by atoms with Crippen molar-refractivity contribution in [2.24, 2.45) is 0 Å². The summed E-state index contributed by atoms with van der Waals surface area (Å²) >= 11 is 0. The van der Waals surface area contributed by atoms with E-state index in [-0.39, 0.29) is 0 Å². The second kappa shape index (κ2) is 9.22. The zero-order valence-electron chi connectivity index (χ0n) is 15.5. The summed E-state index contributed by atoms with van der Waals surface area (Å²) in [7, 11) is 4.21. The molecule has 0 amide bonds. The van der Waals surface area contributed by atoms with Gasteiger partial charge in [0.25, 0.3) is 0 Å². The smallest absolute Gasteiger partial charge is 0.0727 e. The van der Waals surface area contributed by atoms with Crippen LogP contribution in [0.5, 0.6) is 0 Å². The molecule has 2 aromatic carbocycles. The highest BCUT2D eigenvalue weighted by Crippen LogP contribution is 2.08. The molecule has 4 nitrogen and oxygen atoms in total. The molecule has 0 spiro atoms. The molecule has 0 atom stereocenters. The van der Waals surface area contributed by atoms with E-state index in [1.165, 1.54) is 11.1 Å². The Hall–Kier alpha value is -2.56. The van der Waals surface area contributed by atoms with Crippen LogP contribution in [0.1, 0.15) is 22.5 Å². The third-order valence-corrected chi connectivity index (χ3v) is 4.21. The van der Waals surface area contributed by atoms with Crippen LogP contribution in [0.25, 0.3) is 0 Å². The van der Waals surface area contributed by atoms with Crippen LogP contribution in [0.3, 0.4) is 0 Å². The monoisotopic (exact) mass is 346 g/mol. The Bertz CT molecular complexity index is 704. The highest BCUT2D eigenvalue weighted by molar-refractivity contribution is 5.15. The number of hydrogen-bond acceptors (Lipinski definition) is 4. The second-order valence-corrected chi connectivity index (χ2v) is 6.81. The lowest BCUT2D eigenvalue weighted by Crippen LogP contribution is -2.20. The molecule has 0 saturated carbocycles. The van der Waals surface area contributed by atoms with Crippen LogP contribution >= 0.6 is 0 Å². The van der Waals surface area contributed by atoms with Crippen LogP contribution < -0.4 is 0 Å². The molecule has 1 aromatic heterocycles. The molecule has 0 saturated heterocycles. The SMILES string of the molecule is CN(Cc1ccccc1)Cc1cnc(CN(C)Cc2ccccc2)cn1. The van der Waals surface area contributed by atoms with Crippen LogP contribution in [0.2, 0.25) is 0 Å². The number of aromatic nitrogens is 2. The lowest BCUT2D eigenvalue weighted by molar-refractivity contribution is 0.309. The first kappa shape index (κ1) is 18.2. The zero-order valence-corrected chi connectivity index (χ0v) is 15.5. The predicted octanol–water partition coefficient (Wildman–Crippen LogP) is 3.74. The highest BCUT2D eigenvalue weighted by atomic mass is 15.1. The van der Waals surface area contributed by atoms with E-state index in [1.54, 1.807) is 0 Å². The first-order chi connectivity index (χ1) is 12.7. The number of benzene rings is 2. The van der Waals surface area contributed by atoms with Gasteiger partial charge in [-0.2, -0.15) is 0 Å². The molecule has 3 aromatic rings. The fourth-order valence-electron chi connectivity index (χ4n) is 3.00. The fourth-order valence-corrected chi connectivity index (χ4v) is 3.00. The first-order valence-electron chi connectivity index (χ1n) is 8.94. The standard InChI is InChI=1S/C22H26N4/c1-25(15-19-9-5-3-6-10-19)17-21-13-24-22(14-23-21)18-26(2)16-20-11-7-4-8-12-20/h3-14H,15-18H2,1-2H3. The van der Waals surface area contributed by atoms with Gasteiger partial charge in [0.15, 0.2) is 0 Å². The summed E-state index contributed by atoms with van der Waals surface area (Å²) in [5, 5.41) is 0. The van der Waals surface area contributed by atoms with E-state index >= 15 is 0 Å². The van der Waals surface area contributed by atoms with Gasteiger partial charge in [-0.05, 0) is 25.2 Å². The van der Waals surface area contributed by atoms with E-state index in [1.807, 2.05) is 24.5 Å². The summed E-state index contributed by atoms with van der Waals surface area (Å²) in [6, 6.07) is 21.0. The van der Waals surface area contributed by atoms with Gasteiger partial charge in [-0.1, -0.05) is 60.7 Å². The number of hydrogen-bond donors (Lipinski definition) is 0. The van der Waals surface area contributed by atoms with Crippen LogP contribution in [0.15, 0.2) is 73.1 Å². The molecule has 4 heteroatoms. The predicted molar refractivity (Wildman–Crippen MR) is 105 cm³/mol. The molecule has 0 radical (unpaired) electrons. The molecule has 26 heavy (non-hydrogen) atoms. The quantitative estimate of drug-likeness (QED) is 0.622. The van der Waals surface area contributed by atoms with E-state index in [9.17, 15) is 0 Å². The molecule has 0 fully saturated rings. The maximum atomic E-state index is 4.59. The normalized spacial score (nSPS) is 11.2. The van der Waals surface area contributed by atoms with E-state index in [0.29, 0.717) is 0 Å². The van der Waals surface area contributed by atoms with Crippen LogP contribution in [-0.4, -0.2) is 33.9 Å². The van der Waals surface area contributed by atoms with E-state index in [2.05, 4.69) is 82.4 Å². The summed E-state index contributed by atoms with van der Waals surface area (Å²) < 4.78 is 0. The number of rotatable bonds is 8. The topological polar surface area (TPSA) is 32.3 Å². The molecule has 0 bridgehead atoms. The van der Waals surface area contributed by atoms with Crippen molar-refractivity contribution in [2.45, 2.75) is 26.2 Å². The Kier molecular flexibility index (Phi) is 6.47. The van der Waals surface area contributed by atoms with Gasteiger partial charge < -0.3 is 0 Å². The third kappa shape index (κ3) is 5.76. The van der Waals surface area contributed by atoms with Gasteiger partial charge in [0.1, 0.15) is 0 Å². The third-order valence-electron chi connectivity index (χ3n) is 4.21. The Morgan fingerprint density at radius 2 is 0.962 bits per heavy atom. The van der Waals surface area contributed by atoms with Gasteiger partial charge in [-0.25, -0.2) is 0 Å². The lowest BCUT2D eigenvalue weighted by atomic mass is 10.2. The molecule has 0 N–H and O–H groups in total. The summed E-state index contributed by atoms with van der Waals surface area (Å²) in [6.07, 6.45) is 3.79. The summed E-state index contributed by atoms with van der Waals surface area (Å²) in [6.45, 7) is 3.40. The Balaban J connectivity index is 1.50. The van der Waals surface area contributed by atoms with Crippen molar-refractivity contribution >= 4 is 0 Å². The molecule has 0 unspecified atom stereocenters. The second-order valence-electron chi connectivity index (χ2n) is 6.81. The molecule has 1 heterocycles. The lowest BCUT2D eigenvalue weighted by Gasteiger charge is -2.17. The Labute approximate surface area is 156 Å². The van der Waals surface area contributed by atoms with Gasteiger partial charge >= 0.3 is 0 Å². The first-order valence-corrected chi connectivity index (χ1v) is 8.94. The van der Waals surface area contributed by atoms with Gasteiger partial charge in [0.2, 0.25) is 0 Å². The molecule has 0 aliphatic heterocycles. The van der Waals surface area contributed by atoms with E-state index in [4.69, 9.17) is 0 Å². The molecular formula is C22H26N4. The van der Waals surface area contributed by atoms with Crippen molar-refractivity contribution in [1.29, 1.82) is 0 Å². The van der Waals surface area contributed by atoms with Crippen molar-refractivity contribution in [3.8, 4) is 0 Å². The van der Waals surface area contributed by atoms with Crippen LogP contribution in [0.4, 0.5) is 0 Å². The maximum Gasteiger partial charge on any atom is 0.0727 e. The highest BCUT2D eigenvalue weighted by Gasteiger charge is 2.06. The largest absolute Gasteiger partial charge is 0.296 e. The summed E-state index contributed by atoms with van der Waals surface area (Å²) in [5.41, 5.74) is 4.61. The minimum Gasteiger partial charge on any atom is -0.296 e. The van der Waals surface area contributed by atoms with E-state index in [0.717, 1.165) is 37.6 Å². The molecule has 3 rings (SSSR count). The average molecular weight is 346 g/mol. The average Bonchev–Trinajstić information content (AvgIpc) is 2.65. The van der Waals surface area contributed by atoms with Crippen LogP contribution in [-0.2, 0) is 26.2 Å². The van der Waals surface area contributed by atoms with Crippen LogP contribution in [0, 0.1) is 0 Å². The summed E-state index contributed by atoms with van der Waals surface area (Å²) in [4.78, 5) is 13.7. The Morgan fingerprint density at radius 3 is 1.31 bits per heavy atom. The van der Waals surface area contributed by atoms with E-state index < -0.39 is 0 Å². The van der Waals surface area contributed by atoms with Crippen molar-refractivity contribution in [3.63, 3.8) is 0 Å². The maximum absolute atomic E-state index is 4.59. The van der Waals surface area contributed by atoms with Gasteiger partial charge in [0.05, 0.1) is 23.8 Å². The minimum absolute atomic E-state index is 0.794. The molecule has 134 valence electrons. The molecule has 0 aliphatic carbocycles. The molecular weight excluding hydrogens is 320 g/mol. The summed E-state index contributed by atoms with van der Waals surface area (Å²) in [5.74, 6) is 0. The van der Waals surface area contributed by atoms with Gasteiger partial charge in [-0.15, -0.1) is 0 Å². The van der Waals surface area contributed by atoms with Crippen molar-refractivity contribution in [3.05, 3.63) is 95.6 Å². The fraction of sp³-hybridized carbons (Fsp3) is 0.273.